The number of benzene rings is 2. The zero-order valence-corrected chi connectivity index (χ0v) is 13.3. The molecule has 0 heterocycles. The van der Waals surface area contributed by atoms with Gasteiger partial charge in [0.2, 0.25) is 0 Å². The smallest absolute Gasteiger partial charge is 0.336 e. The van der Waals surface area contributed by atoms with Crippen molar-refractivity contribution in [1.82, 2.24) is 0 Å². The molecule has 0 radical (unpaired) electrons. The summed E-state index contributed by atoms with van der Waals surface area (Å²) in [7, 11) is 0. The molecule has 110 valence electrons. The second kappa shape index (κ2) is 7.47. The summed E-state index contributed by atoms with van der Waals surface area (Å²) in [4.78, 5) is 11.9. The number of carboxylic acids is 1. The Hall–Kier alpha value is -1.53. The van der Waals surface area contributed by atoms with Crippen LogP contribution in [0.2, 0.25) is 0 Å². The third kappa shape index (κ3) is 4.75. The quantitative estimate of drug-likeness (QED) is 0.602. The van der Waals surface area contributed by atoms with Crippen LogP contribution in [0.4, 0.5) is 4.39 Å². The van der Waals surface area contributed by atoms with Gasteiger partial charge in [-0.15, -0.1) is 11.8 Å². The van der Waals surface area contributed by atoms with Gasteiger partial charge in [-0.05, 0) is 58.4 Å². The van der Waals surface area contributed by atoms with E-state index in [2.05, 4.69) is 15.9 Å². The number of aromatic carboxylic acids is 1. The van der Waals surface area contributed by atoms with Crippen molar-refractivity contribution in [2.75, 3.05) is 12.4 Å². The van der Waals surface area contributed by atoms with Gasteiger partial charge in [-0.25, -0.2) is 9.18 Å². The normalized spacial score (nSPS) is 10.4. The highest BCUT2D eigenvalue weighted by atomic mass is 79.9. The highest BCUT2D eigenvalue weighted by Gasteiger charge is 2.09. The molecule has 0 spiro atoms. The minimum atomic E-state index is -0.966. The van der Waals surface area contributed by atoms with Gasteiger partial charge in [0.05, 0.1) is 12.2 Å². The van der Waals surface area contributed by atoms with Crippen molar-refractivity contribution in [3.05, 3.63) is 58.3 Å². The van der Waals surface area contributed by atoms with Crippen LogP contribution in [0.5, 0.6) is 5.75 Å². The molecule has 0 aliphatic heterocycles. The average molecular weight is 371 g/mol. The van der Waals surface area contributed by atoms with Crippen LogP contribution in [0.1, 0.15) is 10.4 Å². The van der Waals surface area contributed by atoms with Crippen LogP contribution >= 0.6 is 27.7 Å². The van der Waals surface area contributed by atoms with E-state index in [0.29, 0.717) is 22.6 Å². The maximum absolute atomic E-state index is 12.7. The van der Waals surface area contributed by atoms with Gasteiger partial charge in [0.25, 0.3) is 0 Å². The predicted molar refractivity (Wildman–Crippen MR) is 83.7 cm³/mol. The number of carboxylic acid groups (broad SMARTS) is 1. The number of ether oxygens (including phenoxy) is 1. The molecule has 0 fully saturated rings. The van der Waals surface area contributed by atoms with Crippen molar-refractivity contribution < 1.29 is 19.0 Å². The summed E-state index contributed by atoms with van der Waals surface area (Å²) in [6.45, 7) is 0.453. The minimum absolute atomic E-state index is 0.236. The van der Waals surface area contributed by atoms with Gasteiger partial charge in [0.15, 0.2) is 0 Å². The molecule has 0 aliphatic carbocycles. The molecular weight excluding hydrogens is 359 g/mol. The van der Waals surface area contributed by atoms with E-state index < -0.39 is 5.97 Å². The highest BCUT2D eigenvalue weighted by molar-refractivity contribution is 9.10. The Balaban J connectivity index is 1.85. The lowest BCUT2D eigenvalue weighted by Crippen LogP contribution is -2.01. The molecule has 0 aromatic heterocycles. The maximum atomic E-state index is 12.7. The summed E-state index contributed by atoms with van der Waals surface area (Å²) in [6, 6.07) is 11.0. The molecule has 0 aliphatic rings. The standard InChI is InChI=1S/C15H12BrFO3S/c16-14-6-5-12(9-13(14)15(18)19)21-8-7-20-11-3-1-10(17)2-4-11/h1-6,9H,7-8H2,(H,18,19). The number of hydrogen-bond donors (Lipinski definition) is 1. The van der Waals surface area contributed by atoms with Crippen molar-refractivity contribution in [2.45, 2.75) is 4.90 Å². The van der Waals surface area contributed by atoms with E-state index in [9.17, 15) is 9.18 Å². The summed E-state index contributed by atoms with van der Waals surface area (Å²) in [5, 5.41) is 9.04. The second-order valence-corrected chi connectivity index (χ2v) is 6.12. The van der Waals surface area contributed by atoms with E-state index in [-0.39, 0.29) is 11.4 Å². The van der Waals surface area contributed by atoms with Crippen molar-refractivity contribution in [3.8, 4) is 5.75 Å². The molecule has 0 saturated carbocycles. The van der Waals surface area contributed by atoms with E-state index in [1.807, 2.05) is 6.07 Å². The Morgan fingerprint density at radius 2 is 1.95 bits per heavy atom. The first-order chi connectivity index (χ1) is 10.1. The van der Waals surface area contributed by atoms with Gasteiger partial charge >= 0.3 is 5.97 Å². The van der Waals surface area contributed by atoms with Crippen LogP contribution < -0.4 is 4.74 Å². The molecule has 0 unspecified atom stereocenters. The molecular formula is C15H12BrFO3S. The Morgan fingerprint density at radius 1 is 1.24 bits per heavy atom. The molecule has 21 heavy (non-hydrogen) atoms. The molecule has 0 saturated heterocycles. The van der Waals surface area contributed by atoms with Crippen LogP contribution in [0.25, 0.3) is 0 Å². The summed E-state index contributed by atoms with van der Waals surface area (Å²) in [5.74, 6) is 0.0108. The first kappa shape index (κ1) is 15.9. The third-order valence-electron chi connectivity index (χ3n) is 2.60. The van der Waals surface area contributed by atoms with Gasteiger partial charge < -0.3 is 9.84 Å². The van der Waals surface area contributed by atoms with Crippen LogP contribution in [-0.4, -0.2) is 23.4 Å². The molecule has 2 aromatic carbocycles. The van der Waals surface area contributed by atoms with Gasteiger partial charge in [0, 0.05) is 15.1 Å². The lowest BCUT2D eigenvalue weighted by Gasteiger charge is -2.07. The molecule has 0 amide bonds. The van der Waals surface area contributed by atoms with E-state index in [0.717, 1.165) is 4.90 Å². The molecule has 2 aromatic rings. The lowest BCUT2D eigenvalue weighted by atomic mass is 10.2. The van der Waals surface area contributed by atoms with E-state index in [4.69, 9.17) is 9.84 Å². The second-order valence-electron chi connectivity index (χ2n) is 4.10. The first-order valence-corrected chi connectivity index (χ1v) is 7.88. The monoisotopic (exact) mass is 370 g/mol. The minimum Gasteiger partial charge on any atom is -0.493 e. The van der Waals surface area contributed by atoms with Crippen molar-refractivity contribution in [1.29, 1.82) is 0 Å². The van der Waals surface area contributed by atoms with E-state index in [1.54, 1.807) is 24.3 Å². The van der Waals surface area contributed by atoms with Crippen LogP contribution in [0.15, 0.2) is 51.8 Å². The Kier molecular flexibility index (Phi) is 5.64. The molecule has 6 heteroatoms. The van der Waals surface area contributed by atoms with E-state index in [1.165, 1.54) is 23.9 Å². The zero-order chi connectivity index (χ0) is 15.2. The topological polar surface area (TPSA) is 46.5 Å². The molecule has 0 atom stereocenters. The maximum Gasteiger partial charge on any atom is 0.336 e. The fourth-order valence-electron chi connectivity index (χ4n) is 1.61. The van der Waals surface area contributed by atoms with Crippen LogP contribution in [-0.2, 0) is 0 Å². The number of thioether (sulfide) groups is 1. The van der Waals surface area contributed by atoms with Gasteiger partial charge in [-0.2, -0.15) is 0 Å². The molecule has 0 bridgehead atoms. The lowest BCUT2D eigenvalue weighted by molar-refractivity contribution is 0.0695. The number of halogens is 2. The first-order valence-electron chi connectivity index (χ1n) is 6.10. The molecule has 1 N–H and O–H groups in total. The fraction of sp³-hybridized carbons (Fsp3) is 0.133. The number of rotatable bonds is 6. The highest BCUT2D eigenvalue weighted by Crippen LogP contribution is 2.25. The largest absolute Gasteiger partial charge is 0.493 e. The van der Waals surface area contributed by atoms with Gasteiger partial charge in [-0.1, -0.05) is 0 Å². The van der Waals surface area contributed by atoms with Crippen molar-refractivity contribution in [2.24, 2.45) is 0 Å². The van der Waals surface area contributed by atoms with Gasteiger partial charge in [-0.3, -0.25) is 0 Å². The summed E-state index contributed by atoms with van der Waals surface area (Å²) >= 11 is 4.70. The summed E-state index contributed by atoms with van der Waals surface area (Å²) in [6.07, 6.45) is 0. The average Bonchev–Trinajstić information content (AvgIpc) is 2.46. The summed E-state index contributed by atoms with van der Waals surface area (Å²) < 4.78 is 18.7. The third-order valence-corrected chi connectivity index (χ3v) is 4.25. The fourth-order valence-corrected chi connectivity index (χ4v) is 2.79. The Morgan fingerprint density at radius 3 is 2.62 bits per heavy atom. The number of hydrogen-bond acceptors (Lipinski definition) is 3. The van der Waals surface area contributed by atoms with Gasteiger partial charge in [0.1, 0.15) is 11.6 Å². The number of carbonyl (C=O) groups is 1. The zero-order valence-electron chi connectivity index (χ0n) is 10.9. The Bertz CT molecular complexity index is 631. The Labute approximate surface area is 134 Å². The van der Waals surface area contributed by atoms with Crippen molar-refractivity contribution >= 4 is 33.7 Å². The summed E-state index contributed by atoms with van der Waals surface area (Å²) in [5.41, 5.74) is 0.236. The predicted octanol–water partition coefficient (Wildman–Crippen LogP) is 4.46. The molecule has 2 rings (SSSR count). The van der Waals surface area contributed by atoms with Crippen molar-refractivity contribution in [3.63, 3.8) is 0 Å². The molecule has 3 nitrogen and oxygen atoms in total. The van der Waals surface area contributed by atoms with E-state index >= 15 is 0 Å². The SMILES string of the molecule is O=C(O)c1cc(SCCOc2ccc(F)cc2)ccc1Br. The van der Waals surface area contributed by atoms with Crippen LogP contribution in [0.3, 0.4) is 0 Å². The van der Waals surface area contributed by atoms with Crippen LogP contribution in [0, 0.1) is 5.82 Å².